The Kier molecular flexibility index (Phi) is 6.76. The minimum atomic E-state index is -4.61. The maximum Gasteiger partial charge on any atom is 0.400 e. The fraction of sp³-hybridized carbons (Fsp3) is 0.600. The Morgan fingerprint density at radius 3 is 2.61 bits per heavy atom. The van der Waals surface area contributed by atoms with E-state index in [9.17, 15) is 18.0 Å². The number of hydrogen-bond acceptors (Lipinski definition) is 3. The minimum absolute atomic E-state index is 0.0292. The Hall–Kier alpha value is -1.67. The number of halogens is 3. The smallest absolute Gasteiger partial charge is 0.400 e. The molecule has 28 heavy (non-hydrogen) atoms. The molecule has 4 nitrogen and oxygen atoms in total. The maximum atomic E-state index is 13.5. The van der Waals surface area contributed by atoms with E-state index < -0.39 is 32.7 Å². The van der Waals surface area contributed by atoms with E-state index in [2.05, 4.69) is 38.8 Å². The van der Waals surface area contributed by atoms with Gasteiger partial charge in [0.1, 0.15) is 11.7 Å². The van der Waals surface area contributed by atoms with Gasteiger partial charge in [-0.3, -0.25) is 9.69 Å². The molecule has 1 aliphatic rings. The zero-order chi connectivity index (χ0) is 21.2. The van der Waals surface area contributed by atoms with Crippen molar-refractivity contribution in [3.05, 3.63) is 36.0 Å². The van der Waals surface area contributed by atoms with E-state index in [1.165, 1.54) is 12.3 Å². The average molecular weight is 415 g/mol. The molecule has 1 aromatic heterocycles. The predicted octanol–water partition coefficient (Wildman–Crippen LogP) is 5.12. The summed E-state index contributed by atoms with van der Waals surface area (Å²) in [5.74, 6) is -2.68. The number of pyridine rings is 1. The Bertz CT molecular complexity index is 727. The van der Waals surface area contributed by atoms with Gasteiger partial charge in [0.05, 0.1) is 6.61 Å². The monoisotopic (exact) mass is 414 g/mol. The quantitative estimate of drug-likeness (QED) is 0.479. The molecule has 0 aromatic carbocycles. The summed E-state index contributed by atoms with van der Waals surface area (Å²) < 4.78 is 46.5. The highest BCUT2D eigenvalue weighted by molar-refractivity contribution is 6.74. The number of carbonyl (C=O) groups excluding carboxylic acids is 1. The standard InChI is InChI=1S/C20H29F3N2O2Si/c1-19(2,3)28(4,5)27-14-7-6-10-16(20(21,22)23)18(26)25-13-11-15-9-8-12-24-17(15)25/h6-9,12,16H,10-11,13-14H2,1-5H3/b7-6+/t16-/m1/s1. The van der Waals surface area contributed by atoms with Crippen molar-refractivity contribution in [3.63, 3.8) is 0 Å². The number of alkyl halides is 3. The highest BCUT2D eigenvalue weighted by atomic mass is 28.4. The van der Waals surface area contributed by atoms with Gasteiger partial charge in [-0.1, -0.05) is 39.0 Å². The average Bonchev–Trinajstić information content (AvgIpc) is 2.99. The molecule has 0 saturated carbocycles. The van der Waals surface area contributed by atoms with Gasteiger partial charge in [-0.05, 0) is 42.6 Å². The van der Waals surface area contributed by atoms with E-state index in [0.29, 0.717) is 12.2 Å². The Labute approximate surface area is 165 Å². The van der Waals surface area contributed by atoms with Crippen molar-refractivity contribution in [3.8, 4) is 0 Å². The topological polar surface area (TPSA) is 42.4 Å². The summed E-state index contributed by atoms with van der Waals surface area (Å²) in [6.07, 6.45) is -0.0107. The number of hydrogen-bond donors (Lipinski definition) is 0. The molecular formula is C20H29F3N2O2Si. The van der Waals surface area contributed by atoms with Crippen LogP contribution in [-0.4, -0.2) is 38.5 Å². The van der Waals surface area contributed by atoms with Crippen LogP contribution in [0.1, 0.15) is 32.8 Å². The van der Waals surface area contributed by atoms with Crippen molar-refractivity contribution in [2.45, 2.75) is 57.9 Å². The third-order valence-corrected chi connectivity index (χ3v) is 10.1. The van der Waals surface area contributed by atoms with Gasteiger partial charge in [-0.2, -0.15) is 13.2 Å². The highest BCUT2D eigenvalue weighted by Gasteiger charge is 2.47. The molecule has 0 N–H and O–H groups in total. The Morgan fingerprint density at radius 1 is 1.32 bits per heavy atom. The van der Waals surface area contributed by atoms with Crippen molar-refractivity contribution in [1.29, 1.82) is 0 Å². The number of allylic oxidation sites excluding steroid dienone is 1. The van der Waals surface area contributed by atoms with Gasteiger partial charge in [0, 0.05) is 12.7 Å². The van der Waals surface area contributed by atoms with E-state index >= 15 is 0 Å². The number of carbonyl (C=O) groups is 1. The second-order valence-electron chi connectivity index (χ2n) is 8.60. The third kappa shape index (κ3) is 5.23. The fourth-order valence-corrected chi connectivity index (χ4v) is 3.70. The summed E-state index contributed by atoms with van der Waals surface area (Å²) in [6.45, 7) is 11.0. The summed E-state index contributed by atoms with van der Waals surface area (Å²) in [6, 6.07) is 3.51. The third-order valence-electron chi connectivity index (χ3n) is 5.57. The van der Waals surface area contributed by atoms with Crippen LogP contribution in [0.5, 0.6) is 0 Å². The van der Waals surface area contributed by atoms with E-state index in [-0.39, 0.29) is 18.2 Å². The van der Waals surface area contributed by atoms with Crippen LogP contribution >= 0.6 is 0 Å². The van der Waals surface area contributed by atoms with Crippen LogP contribution in [-0.2, 0) is 15.6 Å². The maximum absolute atomic E-state index is 13.5. The van der Waals surface area contributed by atoms with E-state index in [1.807, 2.05) is 0 Å². The van der Waals surface area contributed by atoms with Crippen molar-refractivity contribution >= 4 is 20.0 Å². The molecule has 1 aliphatic heterocycles. The van der Waals surface area contributed by atoms with Crippen LogP contribution in [0.15, 0.2) is 30.5 Å². The van der Waals surface area contributed by atoms with Gasteiger partial charge >= 0.3 is 6.18 Å². The van der Waals surface area contributed by atoms with E-state index in [4.69, 9.17) is 4.43 Å². The molecular weight excluding hydrogens is 385 g/mol. The summed E-state index contributed by atoms with van der Waals surface area (Å²) in [5.41, 5.74) is 0.801. The molecule has 2 heterocycles. The number of rotatable bonds is 6. The van der Waals surface area contributed by atoms with Crippen molar-refractivity contribution in [2.24, 2.45) is 5.92 Å². The normalized spacial score (nSPS) is 16.5. The summed E-state index contributed by atoms with van der Waals surface area (Å²) in [4.78, 5) is 17.9. The van der Waals surface area contributed by atoms with Crippen LogP contribution < -0.4 is 4.90 Å². The van der Waals surface area contributed by atoms with E-state index in [0.717, 1.165) is 10.5 Å². The molecule has 1 atom stereocenters. The van der Waals surface area contributed by atoms with Gasteiger partial charge in [0.2, 0.25) is 5.91 Å². The van der Waals surface area contributed by atoms with Gasteiger partial charge in [0.15, 0.2) is 8.32 Å². The van der Waals surface area contributed by atoms with Crippen molar-refractivity contribution in [1.82, 2.24) is 4.98 Å². The molecule has 8 heteroatoms. The molecule has 156 valence electrons. The first-order chi connectivity index (χ1) is 12.8. The van der Waals surface area contributed by atoms with Gasteiger partial charge in [-0.25, -0.2) is 4.98 Å². The predicted molar refractivity (Wildman–Crippen MR) is 107 cm³/mol. The van der Waals surface area contributed by atoms with Gasteiger partial charge in [-0.15, -0.1) is 0 Å². The summed E-state index contributed by atoms with van der Waals surface area (Å²) >= 11 is 0. The Balaban J connectivity index is 2.02. The fourth-order valence-electron chi connectivity index (χ4n) is 2.76. The van der Waals surface area contributed by atoms with Crippen molar-refractivity contribution in [2.75, 3.05) is 18.1 Å². The molecule has 0 unspecified atom stereocenters. The largest absolute Gasteiger partial charge is 0.413 e. The molecule has 0 spiro atoms. The molecule has 1 amide bonds. The molecule has 0 radical (unpaired) electrons. The lowest BCUT2D eigenvalue weighted by atomic mass is 10.0. The first kappa shape index (κ1) is 22.6. The number of aromatic nitrogens is 1. The first-order valence-electron chi connectivity index (χ1n) is 9.45. The zero-order valence-corrected chi connectivity index (χ0v) is 18.1. The van der Waals surface area contributed by atoms with Crippen LogP contribution in [0.2, 0.25) is 18.1 Å². The Morgan fingerprint density at radius 2 is 2.00 bits per heavy atom. The number of anilines is 1. The lowest BCUT2D eigenvalue weighted by molar-refractivity contribution is -0.180. The van der Waals surface area contributed by atoms with Crippen LogP contribution in [0.3, 0.4) is 0 Å². The number of fused-ring (bicyclic) bond motifs is 1. The summed E-state index contributed by atoms with van der Waals surface area (Å²) in [5, 5.41) is 0.0292. The van der Waals surface area contributed by atoms with Crippen LogP contribution in [0, 0.1) is 5.92 Å². The lowest BCUT2D eigenvalue weighted by Crippen LogP contribution is -2.42. The summed E-state index contributed by atoms with van der Waals surface area (Å²) in [7, 11) is -1.96. The second kappa shape index (κ2) is 8.37. The molecule has 2 rings (SSSR count). The molecule has 0 bridgehead atoms. The van der Waals surface area contributed by atoms with Crippen LogP contribution in [0.25, 0.3) is 0 Å². The first-order valence-corrected chi connectivity index (χ1v) is 12.4. The van der Waals surface area contributed by atoms with Gasteiger partial charge in [0.25, 0.3) is 0 Å². The molecule has 0 saturated heterocycles. The zero-order valence-electron chi connectivity index (χ0n) is 17.1. The van der Waals surface area contributed by atoms with Gasteiger partial charge < -0.3 is 4.43 Å². The highest BCUT2D eigenvalue weighted by Crippen LogP contribution is 2.37. The van der Waals surface area contributed by atoms with Crippen LogP contribution in [0.4, 0.5) is 19.0 Å². The minimum Gasteiger partial charge on any atom is -0.413 e. The SMILES string of the molecule is CC(C)(C)[Si](C)(C)OC/C=C/C[C@H](C(=O)N1CCc2cccnc21)C(F)(F)F. The molecule has 0 fully saturated rings. The van der Waals surface area contributed by atoms with E-state index in [1.54, 1.807) is 18.2 Å². The lowest BCUT2D eigenvalue weighted by Gasteiger charge is -2.35. The van der Waals surface area contributed by atoms with Crippen molar-refractivity contribution < 1.29 is 22.4 Å². The molecule has 0 aliphatic carbocycles. The number of nitrogens with zero attached hydrogens (tertiary/aromatic N) is 2. The number of amides is 1. The second-order valence-corrected chi connectivity index (χ2v) is 13.4. The molecule has 1 aromatic rings.